The minimum absolute atomic E-state index is 0.161. The van der Waals surface area contributed by atoms with Gasteiger partial charge in [0.15, 0.2) is 0 Å². The van der Waals surface area contributed by atoms with Crippen molar-refractivity contribution in [2.45, 2.75) is 38.2 Å². The zero-order valence-electron chi connectivity index (χ0n) is 10.5. The number of carbonyl (C=O) groups is 1. The predicted octanol–water partition coefficient (Wildman–Crippen LogP) is 3.10. The molecule has 0 amide bonds. The van der Waals surface area contributed by atoms with Crippen molar-refractivity contribution >= 4 is 5.97 Å². The monoisotopic (exact) mass is 250 g/mol. The van der Waals surface area contributed by atoms with Gasteiger partial charge in [0.25, 0.3) is 0 Å². The van der Waals surface area contributed by atoms with Crippen molar-refractivity contribution in [3.05, 3.63) is 23.8 Å². The lowest BCUT2D eigenvalue weighted by Gasteiger charge is -2.23. The van der Waals surface area contributed by atoms with E-state index >= 15 is 0 Å². The summed E-state index contributed by atoms with van der Waals surface area (Å²) in [5, 5.41) is 8.99. The van der Waals surface area contributed by atoms with Crippen LogP contribution in [0.1, 0.15) is 42.5 Å². The molecule has 4 heteroatoms. The van der Waals surface area contributed by atoms with E-state index in [1.165, 1.54) is 32.4 Å². The molecule has 0 aliphatic heterocycles. The highest BCUT2D eigenvalue weighted by molar-refractivity contribution is 5.91. The topological polar surface area (TPSA) is 55.8 Å². The molecule has 2 rings (SSSR count). The molecule has 1 aromatic carbocycles. The smallest absolute Gasteiger partial charge is 0.339 e. The first-order valence-corrected chi connectivity index (χ1v) is 6.28. The summed E-state index contributed by atoms with van der Waals surface area (Å²) in [7, 11) is 1.46. The SMILES string of the molecule is COc1cc(OC2CCCCC2)ccc1C(=O)O. The van der Waals surface area contributed by atoms with Crippen LogP contribution in [0.2, 0.25) is 0 Å². The zero-order valence-corrected chi connectivity index (χ0v) is 10.5. The van der Waals surface area contributed by atoms with E-state index in [0.717, 1.165) is 12.8 Å². The highest BCUT2D eigenvalue weighted by atomic mass is 16.5. The van der Waals surface area contributed by atoms with Crippen LogP contribution in [0.5, 0.6) is 11.5 Å². The second kappa shape index (κ2) is 5.76. The Hall–Kier alpha value is -1.71. The molecule has 0 spiro atoms. The Morgan fingerprint density at radius 1 is 1.28 bits per heavy atom. The Bertz CT molecular complexity index is 422. The molecular formula is C14H18O4. The van der Waals surface area contributed by atoms with Gasteiger partial charge >= 0.3 is 5.97 Å². The third-order valence-corrected chi connectivity index (χ3v) is 3.26. The molecule has 0 atom stereocenters. The first kappa shape index (κ1) is 12.7. The van der Waals surface area contributed by atoms with Crippen molar-refractivity contribution in [3.63, 3.8) is 0 Å². The Morgan fingerprint density at radius 2 is 2.00 bits per heavy atom. The highest BCUT2D eigenvalue weighted by Crippen LogP contribution is 2.28. The summed E-state index contributed by atoms with van der Waals surface area (Å²) in [6, 6.07) is 4.87. The Balaban J connectivity index is 2.11. The van der Waals surface area contributed by atoms with Gasteiger partial charge in [0.2, 0.25) is 0 Å². The van der Waals surface area contributed by atoms with E-state index in [1.807, 2.05) is 0 Å². The molecule has 1 aliphatic rings. The third kappa shape index (κ3) is 2.94. The van der Waals surface area contributed by atoms with Gasteiger partial charge in [-0.1, -0.05) is 6.42 Å². The summed E-state index contributed by atoms with van der Waals surface area (Å²) in [4.78, 5) is 11.0. The van der Waals surface area contributed by atoms with E-state index in [0.29, 0.717) is 11.5 Å². The molecule has 0 radical (unpaired) electrons. The highest BCUT2D eigenvalue weighted by Gasteiger charge is 2.17. The normalized spacial score (nSPS) is 16.3. The average Bonchev–Trinajstić information content (AvgIpc) is 2.39. The third-order valence-electron chi connectivity index (χ3n) is 3.26. The maximum absolute atomic E-state index is 11.0. The number of methoxy groups -OCH3 is 1. The molecule has 0 bridgehead atoms. The second-order valence-corrected chi connectivity index (χ2v) is 4.55. The molecule has 0 unspecified atom stereocenters. The van der Waals surface area contributed by atoms with Crippen LogP contribution in [0.4, 0.5) is 0 Å². The summed E-state index contributed by atoms with van der Waals surface area (Å²) in [6.45, 7) is 0. The number of carboxylic acid groups (broad SMARTS) is 1. The quantitative estimate of drug-likeness (QED) is 0.892. The largest absolute Gasteiger partial charge is 0.496 e. The molecule has 1 N–H and O–H groups in total. The maximum Gasteiger partial charge on any atom is 0.339 e. The van der Waals surface area contributed by atoms with Gasteiger partial charge in [0.1, 0.15) is 17.1 Å². The van der Waals surface area contributed by atoms with Gasteiger partial charge in [-0.05, 0) is 37.8 Å². The molecule has 4 nitrogen and oxygen atoms in total. The minimum Gasteiger partial charge on any atom is -0.496 e. The van der Waals surface area contributed by atoms with Crippen molar-refractivity contribution in [2.75, 3.05) is 7.11 Å². The van der Waals surface area contributed by atoms with Crippen molar-refractivity contribution in [1.29, 1.82) is 0 Å². The molecule has 98 valence electrons. The van der Waals surface area contributed by atoms with E-state index < -0.39 is 5.97 Å². The molecule has 0 saturated heterocycles. The molecular weight excluding hydrogens is 232 g/mol. The van der Waals surface area contributed by atoms with Crippen LogP contribution in [0, 0.1) is 0 Å². The molecule has 0 aromatic heterocycles. The zero-order chi connectivity index (χ0) is 13.0. The predicted molar refractivity (Wildman–Crippen MR) is 67.5 cm³/mol. The van der Waals surface area contributed by atoms with Crippen LogP contribution in [0.25, 0.3) is 0 Å². The maximum atomic E-state index is 11.0. The van der Waals surface area contributed by atoms with Gasteiger partial charge in [-0.3, -0.25) is 0 Å². The van der Waals surface area contributed by atoms with Crippen molar-refractivity contribution in [1.82, 2.24) is 0 Å². The van der Waals surface area contributed by atoms with Gasteiger partial charge in [0.05, 0.1) is 13.2 Å². The summed E-state index contributed by atoms with van der Waals surface area (Å²) in [6.07, 6.45) is 6.08. The first-order valence-electron chi connectivity index (χ1n) is 6.28. The number of carboxylic acids is 1. The standard InChI is InChI=1S/C14H18O4/c1-17-13-9-11(7-8-12(13)14(15)16)18-10-5-3-2-4-6-10/h7-10H,2-6H2,1H3,(H,15,16). The molecule has 1 aliphatic carbocycles. The lowest BCUT2D eigenvalue weighted by atomic mass is 9.98. The number of aromatic carboxylic acids is 1. The van der Waals surface area contributed by atoms with Crippen LogP contribution in [-0.4, -0.2) is 24.3 Å². The van der Waals surface area contributed by atoms with Gasteiger partial charge in [-0.25, -0.2) is 4.79 Å². The average molecular weight is 250 g/mol. The minimum atomic E-state index is -0.990. The summed E-state index contributed by atoms with van der Waals surface area (Å²) >= 11 is 0. The van der Waals surface area contributed by atoms with E-state index in [9.17, 15) is 4.79 Å². The van der Waals surface area contributed by atoms with Gasteiger partial charge in [-0.2, -0.15) is 0 Å². The van der Waals surface area contributed by atoms with Crippen molar-refractivity contribution in [3.8, 4) is 11.5 Å². The summed E-state index contributed by atoms with van der Waals surface area (Å²) in [5.41, 5.74) is 0.161. The van der Waals surface area contributed by atoms with Crippen molar-refractivity contribution in [2.24, 2.45) is 0 Å². The number of hydrogen-bond acceptors (Lipinski definition) is 3. The Labute approximate surface area is 107 Å². The second-order valence-electron chi connectivity index (χ2n) is 4.55. The van der Waals surface area contributed by atoms with Crippen LogP contribution < -0.4 is 9.47 Å². The molecule has 1 aromatic rings. The van der Waals surface area contributed by atoms with Gasteiger partial charge in [0, 0.05) is 6.07 Å². The Kier molecular flexibility index (Phi) is 4.07. The lowest BCUT2D eigenvalue weighted by molar-refractivity contribution is 0.0693. The van der Waals surface area contributed by atoms with E-state index in [1.54, 1.807) is 12.1 Å². The van der Waals surface area contributed by atoms with E-state index in [2.05, 4.69) is 0 Å². The van der Waals surface area contributed by atoms with Gasteiger partial charge in [-0.15, -0.1) is 0 Å². The lowest BCUT2D eigenvalue weighted by Crippen LogP contribution is -2.19. The fraction of sp³-hybridized carbons (Fsp3) is 0.500. The molecule has 1 fully saturated rings. The van der Waals surface area contributed by atoms with Crippen LogP contribution in [0.15, 0.2) is 18.2 Å². The van der Waals surface area contributed by atoms with E-state index in [4.69, 9.17) is 14.6 Å². The fourth-order valence-corrected chi connectivity index (χ4v) is 2.30. The number of hydrogen-bond donors (Lipinski definition) is 1. The number of ether oxygens (including phenoxy) is 2. The summed E-state index contributed by atoms with van der Waals surface area (Å²) in [5.74, 6) is 0.0376. The van der Waals surface area contributed by atoms with Crippen LogP contribution >= 0.6 is 0 Å². The number of rotatable bonds is 4. The van der Waals surface area contributed by atoms with Gasteiger partial charge < -0.3 is 14.6 Å². The summed E-state index contributed by atoms with van der Waals surface area (Å²) < 4.78 is 10.9. The van der Waals surface area contributed by atoms with Crippen LogP contribution in [-0.2, 0) is 0 Å². The molecule has 18 heavy (non-hydrogen) atoms. The van der Waals surface area contributed by atoms with Crippen molar-refractivity contribution < 1.29 is 19.4 Å². The molecule has 1 saturated carbocycles. The first-order chi connectivity index (χ1) is 8.70. The van der Waals surface area contributed by atoms with Crippen LogP contribution in [0.3, 0.4) is 0 Å². The van der Waals surface area contributed by atoms with E-state index in [-0.39, 0.29) is 11.7 Å². The Morgan fingerprint density at radius 3 is 2.61 bits per heavy atom. The number of benzene rings is 1. The fourth-order valence-electron chi connectivity index (χ4n) is 2.30. The molecule has 0 heterocycles.